The first-order valence-electron chi connectivity index (χ1n) is 13.7. The molecule has 0 heterocycles. The molecule has 0 bridgehead atoms. The van der Waals surface area contributed by atoms with Crippen LogP contribution in [0.4, 0.5) is 0 Å². The molecule has 0 unspecified atom stereocenters. The minimum atomic E-state index is -0.0840. The van der Waals surface area contributed by atoms with Gasteiger partial charge in [-0.1, -0.05) is 46.3 Å². The molecule has 31 heavy (non-hydrogen) atoms. The number of hydrogen-bond donors (Lipinski definition) is 1. The summed E-state index contributed by atoms with van der Waals surface area (Å²) in [5.41, 5.74) is 3.89. The zero-order valence-corrected chi connectivity index (χ0v) is 21.7. The van der Waals surface area contributed by atoms with Gasteiger partial charge >= 0.3 is 0 Å². The molecule has 5 aliphatic carbocycles. The number of aliphatic hydroxyl groups excluding tert-OH is 1. The highest BCUT2D eigenvalue weighted by atomic mass is 16.3. The van der Waals surface area contributed by atoms with Crippen molar-refractivity contribution >= 4 is 0 Å². The topological polar surface area (TPSA) is 20.2 Å². The zero-order chi connectivity index (χ0) is 22.4. The van der Waals surface area contributed by atoms with Gasteiger partial charge in [-0.15, -0.1) is 0 Å². The molecule has 0 aromatic heterocycles. The first kappa shape index (κ1) is 22.5. The van der Waals surface area contributed by atoms with Crippen LogP contribution in [0.15, 0.2) is 11.6 Å². The van der Waals surface area contributed by atoms with Gasteiger partial charge in [0, 0.05) is 0 Å². The molecular formula is C30H50O. The highest BCUT2D eigenvalue weighted by Crippen LogP contribution is 2.88. The van der Waals surface area contributed by atoms with E-state index < -0.39 is 0 Å². The molecule has 0 aromatic rings. The van der Waals surface area contributed by atoms with Crippen LogP contribution in [0.1, 0.15) is 119 Å². The SMILES string of the molecule is CC(C)=CCC[C@H](C)[C@@H]1C[C@@]2(C)CC[C@]34C[C@]35CC[C@@H](O)C(C)(C)[C@H]5CC[C@H]4[C@@]2(C)C1. The van der Waals surface area contributed by atoms with Gasteiger partial charge in [-0.3, -0.25) is 0 Å². The molecule has 0 saturated heterocycles. The van der Waals surface area contributed by atoms with Crippen molar-refractivity contribution in [2.24, 2.45) is 50.7 Å². The van der Waals surface area contributed by atoms with Gasteiger partial charge in [0.05, 0.1) is 6.10 Å². The maximum absolute atomic E-state index is 10.8. The third kappa shape index (κ3) is 2.83. The second-order valence-corrected chi connectivity index (χ2v) is 14.5. The molecule has 5 fully saturated rings. The van der Waals surface area contributed by atoms with Crippen LogP contribution >= 0.6 is 0 Å². The van der Waals surface area contributed by atoms with Crippen LogP contribution in [0.25, 0.3) is 0 Å². The van der Waals surface area contributed by atoms with Crippen molar-refractivity contribution in [3.8, 4) is 0 Å². The van der Waals surface area contributed by atoms with Crippen molar-refractivity contribution in [3.63, 3.8) is 0 Å². The Balaban J connectivity index is 1.39. The predicted octanol–water partition coefficient (Wildman–Crippen LogP) is 8.17. The van der Waals surface area contributed by atoms with Gasteiger partial charge in [-0.05, 0) is 135 Å². The van der Waals surface area contributed by atoms with Crippen LogP contribution in [0.5, 0.6) is 0 Å². The van der Waals surface area contributed by atoms with E-state index in [1.807, 2.05) is 0 Å². The van der Waals surface area contributed by atoms with Crippen molar-refractivity contribution in [3.05, 3.63) is 11.6 Å². The smallest absolute Gasteiger partial charge is 0.0594 e. The molecule has 176 valence electrons. The summed E-state index contributed by atoms with van der Waals surface area (Å²) in [6.07, 6.45) is 17.6. The van der Waals surface area contributed by atoms with E-state index in [0.29, 0.717) is 21.7 Å². The predicted molar refractivity (Wildman–Crippen MR) is 131 cm³/mol. The van der Waals surface area contributed by atoms with Gasteiger partial charge in [0.15, 0.2) is 0 Å². The van der Waals surface area contributed by atoms with E-state index in [2.05, 4.69) is 54.5 Å². The first-order valence-corrected chi connectivity index (χ1v) is 13.7. The van der Waals surface area contributed by atoms with Crippen LogP contribution in [-0.2, 0) is 0 Å². The highest BCUT2D eigenvalue weighted by Gasteiger charge is 2.81. The van der Waals surface area contributed by atoms with Crippen molar-refractivity contribution in [2.45, 2.75) is 125 Å². The lowest BCUT2D eigenvalue weighted by Gasteiger charge is -2.62. The first-order chi connectivity index (χ1) is 14.4. The molecule has 0 amide bonds. The van der Waals surface area contributed by atoms with E-state index in [-0.39, 0.29) is 11.5 Å². The fourth-order valence-corrected chi connectivity index (χ4v) is 10.8. The Morgan fingerprint density at radius 2 is 1.61 bits per heavy atom. The largest absolute Gasteiger partial charge is 0.393 e. The quantitative estimate of drug-likeness (QED) is 0.449. The fourth-order valence-electron chi connectivity index (χ4n) is 10.8. The number of rotatable bonds is 4. The standard InChI is InChI=1S/C30H50O/c1-20(2)9-8-10-21(3)22-17-27(6)15-16-30-19-29(30)14-13-25(31)26(4,5)23(29)11-12-24(30)28(27,7)18-22/h9,21-25,31H,8,10-19H2,1-7H3/t21-,22+,23+,24-,25+,27+,28+,29-,30+/m0/s1. The van der Waals surface area contributed by atoms with Gasteiger partial charge in [0.2, 0.25) is 0 Å². The van der Waals surface area contributed by atoms with E-state index in [1.165, 1.54) is 69.8 Å². The normalized spacial score (nSPS) is 52.9. The molecule has 2 spiro atoms. The highest BCUT2D eigenvalue weighted by molar-refractivity contribution is 5.30. The second-order valence-electron chi connectivity index (χ2n) is 14.5. The Bertz CT molecular complexity index is 760. The van der Waals surface area contributed by atoms with Gasteiger partial charge in [-0.2, -0.15) is 0 Å². The maximum atomic E-state index is 10.8. The molecule has 5 saturated carbocycles. The Hall–Kier alpha value is -0.300. The van der Waals surface area contributed by atoms with Crippen LogP contribution in [-0.4, -0.2) is 11.2 Å². The summed E-state index contributed by atoms with van der Waals surface area (Å²) in [6.45, 7) is 17.3. The van der Waals surface area contributed by atoms with Crippen molar-refractivity contribution in [1.82, 2.24) is 0 Å². The van der Waals surface area contributed by atoms with E-state index >= 15 is 0 Å². The summed E-state index contributed by atoms with van der Waals surface area (Å²) in [6, 6.07) is 0. The van der Waals surface area contributed by atoms with E-state index in [4.69, 9.17) is 0 Å². The number of allylic oxidation sites excluding steroid dienone is 2. The lowest BCUT2D eigenvalue weighted by Crippen LogP contribution is -2.56. The molecule has 1 nitrogen and oxygen atoms in total. The molecule has 1 heteroatoms. The van der Waals surface area contributed by atoms with Crippen LogP contribution in [0.3, 0.4) is 0 Å². The molecule has 1 N–H and O–H groups in total. The van der Waals surface area contributed by atoms with Gasteiger partial charge in [-0.25, -0.2) is 0 Å². The van der Waals surface area contributed by atoms with Crippen LogP contribution in [0.2, 0.25) is 0 Å². The summed E-state index contributed by atoms with van der Waals surface area (Å²) >= 11 is 0. The monoisotopic (exact) mass is 426 g/mol. The minimum absolute atomic E-state index is 0.0840. The van der Waals surface area contributed by atoms with Gasteiger partial charge in [0.1, 0.15) is 0 Å². The summed E-state index contributed by atoms with van der Waals surface area (Å²) in [4.78, 5) is 0. The summed E-state index contributed by atoms with van der Waals surface area (Å²) in [5.74, 6) is 3.48. The molecule has 0 aliphatic heterocycles. The van der Waals surface area contributed by atoms with E-state index in [9.17, 15) is 5.11 Å². The van der Waals surface area contributed by atoms with E-state index in [0.717, 1.165) is 30.1 Å². The lowest BCUT2D eigenvalue weighted by molar-refractivity contribution is -0.152. The third-order valence-corrected chi connectivity index (χ3v) is 12.8. The Kier molecular flexibility index (Phi) is 4.98. The average Bonchev–Trinajstić information content (AvgIpc) is 3.27. The van der Waals surface area contributed by atoms with Crippen LogP contribution < -0.4 is 0 Å². The Morgan fingerprint density at radius 3 is 2.32 bits per heavy atom. The Morgan fingerprint density at radius 1 is 0.935 bits per heavy atom. The fraction of sp³-hybridized carbons (Fsp3) is 0.933. The lowest BCUT2D eigenvalue weighted by atomic mass is 9.43. The molecule has 5 aliphatic rings. The van der Waals surface area contributed by atoms with Crippen molar-refractivity contribution < 1.29 is 5.11 Å². The summed E-state index contributed by atoms with van der Waals surface area (Å²) in [5, 5.41) is 10.8. The minimum Gasteiger partial charge on any atom is -0.393 e. The summed E-state index contributed by atoms with van der Waals surface area (Å²) < 4.78 is 0. The molecular weight excluding hydrogens is 376 g/mol. The molecule has 0 radical (unpaired) electrons. The number of aliphatic hydroxyl groups is 1. The number of hydrogen-bond acceptors (Lipinski definition) is 1. The molecule has 0 aromatic carbocycles. The second kappa shape index (κ2) is 6.86. The maximum Gasteiger partial charge on any atom is 0.0594 e. The van der Waals surface area contributed by atoms with Crippen LogP contribution in [0, 0.1) is 50.7 Å². The van der Waals surface area contributed by atoms with Crippen molar-refractivity contribution in [1.29, 1.82) is 0 Å². The van der Waals surface area contributed by atoms with Gasteiger partial charge < -0.3 is 5.11 Å². The van der Waals surface area contributed by atoms with Gasteiger partial charge in [0.25, 0.3) is 0 Å². The molecule has 5 rings (SSSR count). The zero-order valence-electron chi connectivity index (χ0n) is 21.7. The Labute approximate surface area is 192 Å². The number of fused-ring (bicyclic) bond motifs is 2. The third-order valence-electron chi connectivity index (χ3n) is 12.8. The van der Waals surface area contributed by atoms with Crippen molar-refractivity contribution in [2.75, 3.05) is 0 Å². The molecule has 9 atom stereocenters. The summed E-state index contributed by atoms with van der Waals surface area (Å²) in [7, 11) is 0. The average molecular weight is 427 g/mol. The van der Waals surface area contributed by atoms with E-state index in [1.54, 1.807) is 0 Å².